The number of nitrogens with two attached hydrogens (primary N) is 1. The van der Waals surface area contributed by atoms with Gasteiger partial charge in [-0.2, -0.15) is 0 Å². The van der Waals surface area contributed by atoms with E-state index in [1.807, 2.05) is 0 Å². The lowest BCUT2D eigenvalue weighted by atomic mass is 10.2. The molecule has 1 saturated heterocycles. The zero-order valence-electron chi connectivity index (χ0n) is 9.39. The standard InChI is InChI=1S/C10H18N2O4/c1-12(6-7-3-2-4-16-7)10(15)8(11)5-9(13)14/h7-8H,2-6,11H2,1H3,(H,13,14). The van der Waals surface area contributed by atoms with Crippen LogP contribution in [0, 0.1) is 0 Å². The molecule has 1 aliphatic rings. The molecule has 1 aliphatic heterocycles. The van der Waals surface area contributed by atoms with Crippen LogP contribution in [0.25, 0.3) is 0 Å². The van der Waals surface area contributed by atoms with Gasteiger partial charge < -0.3 is 20.5 Å². The minimum atomic E-state index is -1.06. The summed E-state index contributed by atoms with van der Waals surface area (Å²) >= 11 is 0. The van der Waals surface area contributed by atoms with Gasteiger partial charge in [0.2, 0.25) is 5.91 Å². The van der Waals surface area contributed by atoms with Crippen LogP contribution in [-0.4, -0.2) is 54.2 Å². The van der Waals surface area contributed by atoms with Crippen molar-refractivity contribution in [3.8, 4) is 0 Å². The molecule has 6 heteroatoms. The lowest BCUT2D eigenvalue weighted by molar-refractivity contribution is -0.141. The van der Waals surface area contributed by atoms with Gasteiger partial charge in [-0.25, -0.2) is 0 Å². The number of hydrogen-bond donors (Lipinski definition) is 2. The van der Waals surface area contributed by atoms with E-state index in [0.29, 0.717) is 6.54 Å². The SMILES string of the molecule is CN(CC1CCCO1)C(=O)C(N)CC(=O)O. The molecule has 0 radical (unpaired) electrons. The van der Waals surface area contributed by atoms with Crippen LogP contribution in [0.2, 0.25) is 0 Å². The maximum absolute atomic E-state index is 11.6. The van der Waals surface area contributed by atoms with Crippen LogP contribution < -0.4 is 5.73 Å². The van der Waals surface area contributed by atoms with E-state index in [4.69, 9.17) is 15.6 Å². The van der Waals surface area contributed by atoms with Crippen LogP contribution in [0.1, 0.15) is 19.3 Å². The Morgan fingerprint density at radius 2 is 2.31 bits per heavy atom. The number of carbonyl (C=O) groups is 2. The predicted molar refractivity (Wildman–Crippen MR) is 56.8 cm³/mol. The first-order valence-electron chi connectivity index (χ1n) is 5.34. The molecule has 2 unspecified atom stereocenters. The zero-order valence-corrected chi connectivity index (χ0v) is 9.39. The summed E-state index contributed by atoms with van der Waals surface area (Å²) in [7, 11) is 1.62. The maximum atomic E-state index is 11.6. The maximum Gasteiger partial charge on any atom is 0.305 e. The first-order chi connectivity index (χ1) is 7.50. The molecule has 3 N–H and O–H groups in total. The molecule has 1 heterocycles. The van der Waals surface area contributed by atoms with Crippen molar-refractivity contribution in [3.63, 3.8) is 0 Å². The molecule has 0 aliphatic carbocycles. The highest BCUT2D eigenvalue weighted by molar-refractivity contribution is 5.85. The van der Waals surface area contributed by atoms with Crippen LogP contribution in [-0.2, 0) is 14.3 Å². The Morgan fingerprint density at radius 3 is 2.81 bits per heavy atom. The van der Waals surface area contributed by atoms with Gasteiger partial charge >= 0.3 is 5.97 Å². The number of aliphatic carboxylic acids is 1. The summed E-state index contributed by atoms with van der Waals surface area (Å²) in [5.41, 5.74) is 5.48. The molecular formula is C10H18N2O4. The predicted octanol–water partition coefficient (Wildman–Crippen LogP) is -0.574. The summed E-state index contributed by atoms with van der Waals surface area (Å²) in [5.74, 6) is -1.41. The normalized spacial score (nSPS) is 21.8. The minimum Gasteiger partial charge on any atom is -0.481 e. The number of rotatable bonds is 5. The summed E-state index contributed by atoms with van der Waals surface area (Å²) in [5, 5.41) is 8.52. The second-order valence-electron chi connectivity index (χ2n) is 4.06. The van der Waals surface area contributed by atoms with Gasteiger partial charge in [0, 0.05) is 20.2 Å². The lowest BCUT2D eigenvalue weighted by Crippen LogP contribution is -2.45. The van der Waals surface area contributed by atoms with E-state index in [1.54, 1.807) is 7.05 Å². The molecule has 1 rings (SSSR count). The third kappa shape index (κ3) is 3.79. The zero-order chi connectivity index (χ0) is 12.1. The first-order valence-corrected chi connectivity index (χ1v) is 5.34. The first kappa shape index (κ1) is 12.9. The molecular weight excluding hydrogens is 212 g/mol. The quantitative estimate of drug-likeness (QED) is 0.659. The van der Waals surface area contributed by atoms with Crippen molar-refractivity contribution >= 4 is 11.9 Å². The molecule has 0 aromatic rings. The Balaban J connectivity index is 2.36. The number of ether oxygens (including phenoxy) is 1. The number of carbonyl (C=O) groups excluding carboxylic acids is 1. The number of amides is 1. The fraction of sp³-hybridized carbons (Fsp3) is 0.800. The van der Waals surface area contributed by atoms with Gasteiger partial charge in [-0.05, 0) is 12.8 Å². The monoisotopic (exact) mass is 230 g/mol. The molecule has 0 bridgehead atoms. The van der Waals surface area contributed by atoms with Crippen molar-refractivity contribution in [2.24, 2.45) is 5.73 Å². The minimum absolute atomic E-state index is 0.0611. The van der Waals surface area contributed by atoms with Crippen molar-refractivity contribution in [1.29, 1.82) is 0 Å². The molecule has 0 aromatic heterocycles. The summed E-state index contributed by atoms with van der Waals surface area (Å²) in [6, 6.07) is -0.969. The second kappa shape index (κ2) is 5.81. The molecule has 0 saturated carbocycles. The molecule has 92 valence electrons. The Morgan fingerprint density at radius 1 is 1.62 bits per heavy atom. The summed E-state index contributed by atoms with van der Waals surface area (Å²) in [6.07, 6.45) is 1.67. The molecule has 0 spiro atoms. The molecule has 16 heavy (non-hydrogen) atoms. The van der Waals surface area contributed by atoms with E-state index < -0.39 is 12.0 Å². The van der Waals surface area contributed by atoms with Crippen molar-refractivity contribution in [1.82, 2.24) is 4.90 Å². The van der Waals surface area contributed by atoms with Crippen LogP contribution in [0.15, 0.2) is 0 Å². The number of hydrogen-bond acceptors (Lipinski definition) is 4. The fourth-order valence-electron chi connectivity index (χ4n) is 1.74. The van der Waals surface area contributed by atoms with Crippen molar-refractivity contribution in [3.05, 3.63) is 0 Å². The van der Waals surface area contributed by atoms with Gasteiger partial charge in [0.15, 0.2) is 0 Å². The van der Waals surface area contributed by atoms with Crippen LogP contribution in [0.3, 0.4) is 0 Å². The van der Waals surface area contributed by atoms with Crippen molar-refractivity contribution in [2.75, 3.05) is 20.2 Å². The largest absolute Gasteiger partial charge is 0.481 e. The average molecular weight is 230 g/mol. The van der Waals surface area contributed by atoms with E-state index >= 15 is 0 Å². The number of likely N-dealkylation sites (N-methyl/N-ethyl adjacent to an activating group) is 1. The van der Waals surface area contributed by atoms with E-state index in [2.05, 4.69) is 0 Å². The fourth-order valence-corrected chi connectivity index (χ4v) is 1.74. The molecule has 0 aromatic carbocycles. The van der Waals surface area contributed by atoms with Gasteiger partial charge in [0.1, 0.15) is 0 Å². The molecule has 6 nitrogen and oxygen atoms in total. The van der Waals surface area contributed by atoms with Crippen molar-refractivity contribution in [2.45, 2.75) is 31.4 Å². The Bertz CT molecular complexity index is 264. The second-order valence-corrected chi connectivity index (χ2v) is 4.06. The lowest BCUT2D eigenvalue weighted by Gasteiger charge is -2.23. The Labute approximate surface area is 94.3 Å². The summed E-state index contributed by atoms with van der Waals surface area (Å²) in [4.78, 5) is 23.5. The van der Waals surface area contributed by atoms with Gasteiger partial charge in [0.05, 0.1) is 18.6 Å². The van der Waals surface area contributed by atoms with Crippen LogP contribution in [0.5, 0.6) is 0 Å². The highest BCUT2D eigenvalue weighted by Crippen LogP contribution is 2.13. The van der Waals surface area contributed by atoms with Crippen LogP contribution >= 0.6 is 0 Å². The summed E-state index contributed by atoms with van der Waals surface area (Å²) < 4.78 is 5.38. The highest BCUT2D eigenvalue weighted by atomic mass is 16.5. The third-order valence-electron chi connectivity index (χ3n) is 2.59. The average Bonchev–Trinajstić information content (AvgIpc) is 2.68. The van der Waals surface area contributed by atoms with Gasteiger partial charge in [-0.1, -0.05) is 0 Å². The van der Waals surface area contributed by atoms with Crippen molar-refractivity contribution < 1.29 is 19.4 Å². The smallest absolute Gasteiger partial charge is 0.305 e. The Kier molecular flexibility index (Phi) is 4.70. The highest BCUT2D eigenvalue weighted by Gasteiger charge is 2.24. The Hall–Kier alpha value is -1.14. The topological polar surface area (TPSA) is 92.9 Å². The van der Waals surface area contributed by atoms with E-state index in [1.165, 1.54) is 4.90 Å². The number of carboxylic acid groups (broad SMARTS) is 1. The van der Waals surface area contributed by atoms with Crippen LogP contribution in [0.4, 0.5) is 0 Å². The molecule has 1 fully saturated rings. The van der Waals surface area contributed by atoms with Gasteiger partial charge in [-0.15, -0.1) is 0 Å². The summed E-state index contributed by atoms with van der Waals surface area (Å²) in [6.45, 7) is 1.21. The third-order valence-corrected chi connectivity index (χ3v) is 2.59. The van der Waals surface area contributed by atoms with E-state index in [0.717, 1.165) is 19.4 Å². The van der Waals surface area contributed by atoms with Gasteiger partial charge in [-0.3, -0.25) is 9.59 Å². The number of nitrogens with zero attached hydrogens (tertiary/aromatic N) is 1. The van der Waals surface area contributed by atoms with E-state index in [9.17, 15) is 9.59 Å². The van der Waals surface area contributed by atoms with Gasteiger partial charge in [0.25, 0.3) is 0 Å². The molecule has 2 atom stereocenters. The number of carboxylic acids is 1. The molecule has 1 amide bonds. The van der Waals surface area contributed by atoms with E-state index in [-0.39, 0.29) is 18.4 Å².